The van der Waals surface area contributed by atoms with Gasteiger partial charge in [-0.2, -0.15) is 0 Å². The Bertz CT molecular complexity index is 370. The van der Waals surface area contributed by atoms with Crippen LogP contribution < -0.4 is 0 Å². The van der Waals surface area contributed by atoms with Crippen molar-refractivity contribution in [2.75, 3.05) is 7.11 Å². The normalized spacial score (nSPS) is 12.2. The van der Waals surface area contributed by atoms with Gasteiger partial charge in [0.15, 0.2) is 0 Å². The van der Waals surface area contributed by atoms with Crippen molar-refractivity contribution in [2.45, 2.75) is 71.1 Å². The number of esters is 1. The predicted octanol–water partition coefficient (Wildman–Crippen LogP) is 5.57. The molecule has 0 rings (SSSR count). The smallest absolute Gasteiger partial charge is 0.305 e. The Hall–Kier alpha value is -1.55. The molecule has 0 amide bonds. The summed E-state index contributed by atoms with van der Waals surface area (Å²) in [6.07, 6.45) is 19.7. The number of rotatable bonds is 14. The highest BCUT2D eigenvalue weighted by atomic mass is 17.1. The first-order chi connectivity index (χ1) is 11.2. The first-order valence-electron chi connectivity index (χ1n) is 8.61. The van der Waals surface area contributed by atoms with Gasteiger partial charge in [-0.15, -0.1) is 0 Å². The quantitative estimate of drug-likeness (QED) is 0.113. The molecule has 0 fully saturated rings. The zero-order valence-electron chi connectivity index (χ0n) is 14.6. The fourth-order valence-electron chi connectivity index (χ4n) is 2.10. The summed E-state index contributed by atoms with van der Waals surface area (Å²) in [5.74, 6) is 0.474. The van der Waals surface area contributed by atoms with Crippen LogP contribution in [0.2, 0.25) is 0 Å². The van der Waals surface area contributed by atoms with Crippen LogP contribution in [-0.4, -0.2) is 18.3 Å². The molecule has 0 aromatic carbocycles. The average Bonchev–Trinajstić information content (AvgIpc) is 2.57. The summed E-state index contributed by atoms with van der Waals surface area (Å²) < 4.78 is 4.60. The predicted molar refractivity (Wildman–Crippen MR) is 93.9 cm³/mol. The number of methoxy groups -OCH3 is 1. The Morgan fingerprint density at radius 1 is 1.00 bits per heavy atom. The van der Waals surface area contributed by atoms with Gasteiger partial charge in [0.2, 0.25) is 0 Å². The lowest BCUT2D eigenvalue weighted by molar-refractivity contribution is -0.204. The standard InChI is InChI=1S/C19H32O4/c1-3-4-12-15-18(23-21)16-13-10-8-6-5-7-9-11-14-17-19(20)22-2/h4,8,10,12,16,21H,3,5-7,9,11,13-15,17H2,1-2H3/b10-8-,12-4-,18-16-. The Balaban J connectivity index is 3.56. The molecule has 0 bridgehead atoms. The number of hydrogen-bond donors (Lipinski definition) is 1. The first-order valence-corrected chi connectivity index (χ1v) is 8.61. The molecule has 1 N–H and O–H groups in total. The first kappa shape index (κ1) is 21.4. The van der Waals surface area contributed by atoms with Gasteiger partial charge in [-0.25, -0.2) is 5.26 Å². The molecule has 0 spiro atoms. The van der Waals surface area contributed by atoms with Crippen LogP contribution >= 0.6 is 0 Å². The number of hydrogen-bond acceptors (Lipinski definition) is 4. The van der Waals surface area contributed by atoms with Crippen molar-refractivity contribution in [3.05, 3.63) is 36.1 Å². The van der Waals surface area contributed by atoms with Gasteiger partial charge in [0, 0.05) is 12.8 Å². The van der Waals surface area contributed by atoms with Crippen LogP contribution in [0, 0.1) is 0 Å². The molecule has 0 aromatic rings. The molecule has 0 saturated heterocycles. The third-order valence-corrected chi connectivity index (χ3v) is 3.47. The van der Waals surface area contributed by atoms with E-state index in [0.29, 0.717) is 18.6 Å². The molecular formula is C19H32O4. The molecule has 132 valence electrons. The monoisotopic (exact) mass is 324 g/mol. The summed E-state index contributed by atoms with van der Waals surface area (Å²) in [6, 6.07) is 0. The summed E-state index contributed by atoms with van der Waals surface area (Å²) in [4.78, 5) is 15.3. The van der Waals surface area contributed by atoms with Crippen LogP contribution in [0.3, 0.4) is 0 Å². The van der Waals surface area contributed by atoms with E-state index in [4.69, 9.17) is 5.26 Å². The van der Waals surface area contributed by atoms with Crippen molar-refractivity contribution in [1.29, 1.82) is 0 Å². The summed E-state index contributed by atoms with van der Waals surface area (Å²) in [5.41, 5.74) is 0. The Labute approximate surface area is 140 Å². The molecule has 0 unspecified atom stereocenters. The van der Waals surface area contributed by atoms with Crippen molar-refractivity contribution in [3.63, 3.8) is 0 Å². The molecule has 0 radical (unpaired) electrons. The van der Waals surface area contributed by atoms with Crippen molar-refractivity contribution in [3.8, 4) is 0 Å². The number of carbonyl (C=O) groups is 1. The minimum atomic E-state index is -0.114. The lowest BCUT2D eigenvalue weighted by Gasteiger charge is -2.00. The molecule has 0 saturated carbocycles. The van der Waals surface area contributed by atoms with Crippen LogP contribution in [0.1, 0.15) is 71.1 Å². The van der Waals surface area contributed by atoms with Gasteiger partial charge in [0.25, 0.3) is 0 Å². The molecule has 0 heterocycles. The molecule has 0 aromatic heterocycles. The van der Waals surface area contributed by atoms with Crippen LogP contribution in [0.15, 0.2) is 36.1 Å². The molecule has 0 aliphatic rings. The van der Waals surface area contributed by atoms with Crippen molar-refractivity contribution in [1.82, 2.24) is 0 Å². The lowest BCUT2D eigenvalue weighted by atomic mass is 10.1. The highest BCUT2D eigenvalue weighted by molar-refractivity contribution is 5.68. The fraction of sp³-hybridized carbons (Fsp3) is 0.632. The fourth-order valence-corrected chi connectivity index (χ4v) is 2.10. The van der Waals surface area contributed by atoms with E-state index in [9.17, 15) is 4.79 Å². The molecule has 0 atom stereocenters. The number of carbonyl (C=O) groups excluding carboxylic acids is 1. The number of ether oxygens (including phenoxy) is 1. The van der Waals surface area contributed by atoms with E-state index < -0.39 is 0 Å². The van der Waals surface area contributed by atoms with Gasteiger partial charge in [0.1, 0.15) is 5.76 Å². The summed E-state index contributed by atoms with van der Waals surface area (Å²) in [7, 11) is 1.43. The third-order valence-electron chi connectivity index (χ3n) is 3.47. The van der Waals surface area contributed by atoms with E-state index in [2.05, 4.69) is 28.7 Å². The molecule has 4 heteroatoms. The van der Waals surface area contributed by atoms with Gasteiger partial charge >= 0.3 is 5.97 Å². The van der Waals surface area contributed by atoms with Crippen LogP contribution in [0.25, 0.3) is 0 Å². The second kappa shape index (κ2) is 16.8. The van der Waals surface area contributed by atoms with E-state index in [0.717, 1.165) is 38.5 Å². The summed E-state index contributed by atoms with van der Waals surface area (Å²) >= 11 is 0. The van der Waals surface area contributed by atoms with Gasteiger partial charge in [-0.1, -0.05) is 50.5 Å². The van der Waals surface area contributed by atoms with E-state index in [-0.39, 0.29) is 5.97 Å². The van der Waals surface area contributed by atoms with E-state index >= 15 is 0 Å². The maximum absolute atomic E-state index is 10.9. The van der Waals surface area contributed by atoms with Crippen molar-refractivity contribution in [2.24, 2.45) is 0 Å². The Kier molecular flexibility index (Phi) is 15.7. The highest BCUT2D eigenvalue weighted by Gasteiger charge is 1.98. The topological polar surface area (TPSA) is 55.8 Å². The average molecular weight is 324 g/mol. The number of allylic oxidation sites excluding steroid dienone is 5. The minimum absolute atomic E-state index is 0.114. The van der Waals surface area contributed by atoms with Crippen molar-refractivity contribution >= 4 is 5.97 Å². The van der Waals surface area contributed by atoms with Crippen LogP contribution in [0.5, 0.6) is 0 Å². The van der Waals surface area contributed by atoms with Gasteiger partial charge in [-0.05, 0) is 38.2 Å². The van der Waals surface area contributed by atoms with E-state index in [1.165, 1.54) is 20.0 Å². The van der Waals surface area contributed by atoms with Gasteiger partial charge < -0.3 is 9.62 Å². The van der Waals surface area contributed by atoms with E-state index in [1.54, 1.807) is 0 Å². The van der Waals surface area contributed by atoms with Gasteiger partial charge in [-0.3, -0.25) is 4.79 Å². The number of unbranched alkanes of at least 4 members (excludes halogenated alkanes) is 5. The molecule has 0 aliphatic heterocycles. The minimum Gasteiger partial charge on any atom is -0.469 e. The third kappa shape index (κ3) is 15.1. The van der Waals surface area contributed by atoms with Crippen LogP contribution in [0.4, 0.5) is 0 Å². The lowest BCUT2D eigenvalue weighted by Crippen LogP contribution is -1.98. The second-order valence-electron chi connectivity index (χ2n) is 5.44. The SMILES string of the molecule is CC/C=C\C/C(=C/C/C=C\CCCCCCCC(=O)OC)OO. The maximum atomic E-state index is 10.9. The van der Waals surface area contributed by atoms with Crippen molar-refractivity contribution < 1.29 is 19.7 Å². The summed E-state index contributed by atoms with van der Waals surface area (Å²) in [6.45, 7) is 2.07. The van der Waals surface area contributed by atoms with E-state index in [1.807, 2.05) is 18.2 Å². The van der Waals surface area contributed by atoms with Gasteiger partial charge in [0.05, 0.1) is 7.11 Å². The molecule has 4 nitrogen and oxygen atoms in total. The maximum Gasteiger partial charge on any atom is 0.305 e. The molecule has 0 aliphatic carbocycles. The second-order valence-corrected chi connectivity index (χ2v) is 5.44. The molecule has 23 heavy (non-hydrogen) atoms. The zero-order valence-corrected chi connectivity index (χ0v) is 14.6. The van der Waals surface area contributed by atoms with Crippen LogP contribution in [-0.2, 0) is 14.4 Å². The zero-order chi connectivity index (χ0) is 17.2. The largest absolute Gasteiger partial charge is 0.469 e. The molecular weight excluding hydrogens is 292 g/mol. The summed E-state index contributed by atoms with van der Waals surface area (Å²) in [5, 5.41) is 8.76. The highest BCUT2D eigenvalue weighted by Crippen LogP contribution is 2.09. The Morgan fingerprint density at radius 2 is 1.74 bits per heavy atom. The Morgan fingerprint density at radius 3 is 2.43 bits per heavy atom.